The van der Waals surface area contributed by atoms with Crippen LogP contribution in [0.25, 0.3) is 0 Å². The summed E-state index contributed by atoms with van der Waals surface area (Å²) in [4.78, 5) is 15.0. The van der Waals surface area contributed by atoms with Gasteiger partial charge in [0.25, 0.3) is 10.0 Å². The van der Waals surface area contributed by atoms with Gasteiger partial charge in [0.15, 0.2) is 0 Å². The zero-order chi connectivity index (χ0) is 20.9. The van der Waals surface area contributed by atoms with E-state index in [0.29, 0.717) is 42.2 Å². The Morgan fingerprint density at radius 1 is 1.31 bits per heavy atom. The molecule has 0 saturated carbocycles. The van der Waals surface area contributed by atoms with Crippen molar-refractivity contribution in [1.29, 1.82) is 5.26 Å². The van der Waals surface area contributed by atoms with E-state index in [1.807, 2.05) is 24.0 Å². The number of hydrogen-bond acceptors (Lipinski definition) is 5. The first-order chi connectivity index (χ1) is 14.0. The van der Waals surface area contributed by atoms with Crippen molar-refractivity contribution in [2.24, 2.45) is 5.92 Å². The summed E-state index contributed by atoms with van der Waals surface area (Å²) in [6.45, 7) is 3.78. The van der Waals surface area contributed by atoms with Crippen molar-refractivity contribution in [2.75, 3.05) is 19.6 Å². The molecule has 6 nitrogen and oxygen atoms in total. The Bertz CT molecular complexity index is 964. The third kappa shape index (κ3) is 5.04. The summed E-state index contributed by atoms with van der Waals surface area (Å²) in [6, 6.07) is 12.7. The summed E-state index contributed by atoms with van der Waals surface area (Å²) in [5.41, 5.74) is 1.55. The molecule has 1 aliphatic rings. The fraction of sp³-hybridized carbons (Fsp3) is 0.429. The molecule has 1 unspecified atom stereocenters. The Balaban J connectivity index is 1.72. The molecular weight excluding hydrogens is 406 g/mol. The molecule has 0 spiro atoms. The molecule has 1 fully saturated rings. The molecule has 1 saturated heterocycles. The van der Waals surface area contributed by atoms with Crippen LogP contribution in [0.3, 0.4) is 0 Å². The van der Waals surface area contributed by atoms with E-state index < -0.39 is 10.0 Å². The Kier molecular flexibility index (Phi) is 7.06. The van der Waals surface area contributed by atoms with Gasteiger partial charge < -0.3 is 4.90 Å². The van der Waals surface area contributed by atoms with Gasteiger partial charge in [-0.15, -0.1) is 11.3 Å². The summed E-state index contributed by atoms with van der Waals surface area (Å²) < 4.78 is 27.5. The van der Waals surface area contributed by atoms with Gasteiger partial charge in [0, 0.05) is 26.2 Å². The van der Waals surface area contributed by atoms with Crippen molar-refractivity contribution in [3.63, 3.8) is 0 Å². The van der Waals surface area contributed by atoms with Crippen LogP contribution in [0.1, 0.15) is 37.3 Å². The lowest BCUT2D eigenvalue weighted by atomic mass is 9.97. The Morgan fingerprint density at radius 2 is 2.07 bits per heavy atom. The Hall–Kier alpha value is -2.21. The minimum absolute atomic E-state index is 0.00212. The van der Waals surface area contributed by atoms with Gasteiger partial charge >= 0.3 is 0 Å². The number of nitriles is 1. The fourth-order valence-electron chi connectivity index (χ4n) is 3.60. The molecule has 1 amide bonds. The number of piperidine rings is 1. The number of rotatable bonds is 7. The topological polar surface area (TPSA) is 81.5 Å². The molecule has 1 aliphatic heterocycles. The molecule has 1 aromatic heterocycles. The fourth-order valence-corrected chi connectivity index (χ4v) is 6.27. The molecule has 154 valence electrons. The summed E-state index contributed by atoms with van der Waals surface area (Å²) in [6.07, 6.45) is 2.20. The van der Waals surface area contributed by atoms with Crippen LogP contribution in [-0.2, 0) is 21.4 Å². The number of amides is 1. The number of benzene rings is 1. The van der Waals surface area contributed by atoms with Crippen molar-refractivity contribution in [2.45, 2.75) is 36.9 Å². The van der Waals surface area contributed by atoms with Gasteiger partial charge in [-0.05, 0) is 48.4 Å². The van der Waals surface area contributed by atoms with Crippen molar-refractivity contribution in [1.82, 2.24) is 9.21 Å². The van der Waals surface area contributed by atoms with Crippen LogP contribution in [0, 0.1) is 17.2 Å². The van der Waals surface area contributed by atoms with Gasteiger partial charge in [-0.1, -0.05) is 25.1 Å². The van der Waals surface area contributed by atoms with Gasteiger partial charge in [0.1, 0.15) is 4.21 Å². The standard InChI is InChI=1S/C21H25N3O3S2/c1-2-11-23(15-18-9-7-17(14-22)8-10-18)21(25)19-5-3-12-24(16-19)29(26,27)20-6-4-13-28-20/h4,6-10,13,19H,2-3,5,11-12,15-16H2,1H3. The SMILES string of the molecule is CCCN(Cc1ccc(C#N)cc1)C(=O)C1CCCN(S(=O)(=O)c2cccs2)C1. The van der Waals surface area contributed by atoms with E-state index >= 15 is 0 Å². The number of nitrogens with zero attached hydrogens (tertiary/aromatic N) is 3. The van der Waals surface area contributed by atoms with Crippen molar-refractivity contribution < 1.29 is 13.2 Å². The molecule has 0 aliphatic carbocycles. The number of thiophene rings is 1. The predicted molar refractivity (Wildman–Crippen MR) is 113 cm³/mol. The summed E-state index contributed by atoms with van der Waals surface area (Å²) in [5, 5.41) is 10.7. The van der Waals surface area contributed by atoms with E-state index in [4.69, 9.17) is 5.26 Å². The normalized spacial score (nSPS) is 17.6. The van der Waals surface area contributed by atoms with Crippen LogP contribution in [0.15, 0.2) is 46.0 Å². The maximum absolute atomic E-state index is 13.2. The molecule has 2 aromatic rings. The monoisotopic (exact) mass is 431 g/mol. The third-order valence-electron chi connectivity index (χ3n) is 5.08. The maximum Gasteiger partial charge on any atom is 0.252 e. The smallest absolute Gasteiger partial charge is 0.252 e. The first kappa shape index (κ1) is 21.5. The van der Waals surface area contributed by atoms with Gasteiger partial charge in [-0.25, -0.2) is 8.42 Å². The second kappa shape index (κ2) is 9.53. The third-order valence-corrected chi connectivity index (χ3v) is 8.32. The van der Waals surface area contributed by atoms with E-state index in [9.17, 15) is 13.2 Å². The van der Waals surface area contributed by atoms with Gasteiger partial charge in [-0.3, -0.25) is 4.79 Å². The molecule has 0 N–H and O–H groups in total. The summed E-state index contributed by atoms with van der Waals surface area (Å²) in [7, 11) is -3.54. The average Bonchev–Trinajstić information content (AvgIpc) is 3.29. The number of carbonyl (C=O) groups excluding carboxylic acids is 1. The highest BCUT2D eigenvalue weighted by Crippen LogP contribution is 2.27. The second-order valence-corrected chi connectivity index (χ2v) is 10.3. The molecule has 8 heteroatoms. The van der Waals surface area contributed by atoms with Crippen molar-refractivity contribution in [3.8, 4) is 6.07 Å². The minimum Gasteiger partial charge on any atom is -0.338 e. The van der Waals surface area contributed by atoms with E-state index in [0.717, 1.165) is 12.0 Å². The van der Waals surface area contributed by atoms with Crippen LogP contribution in [0.2, 0.25) is 0 Å². The maximum atomic E-state index is 13.2. The summed E-state index contributed by atoms with van der Waals surface area (Å²) >= 11 is 1.20. The minimum atomic E-state index is -3.54. The van der Waals surface area contributed by atoms with Crippen LogP contribution < -0.4 is 0 Å². The molecular formula is C21H25N3O3S2. The highest BCUT2D eigenvalue weighted by Gasteiger charge is 2.35. The lowest BCUT2D eigenvalue weighted by Crippen LogP contribution is -2.46. The molecule has 1 aromatic carbocycles. The van der Waals surface area contributed by atoms with Crippen LogP contribution in [-0.4, -0.2) is 43.2 Å². The van der Waals surface area contributed by atoms with E-state index in [1.165, 1.54) is 15.6 Å². The molecule has 29 heavy (non-hydrogen) atoms. The zero-order valence-corrected chi connectivity index (χ0v) is 18.1. The number of carbonyl (C=O) groups is 1. The zero-order valence-electron chi connectivity index (χ0n) is 16.5. The van der Waals surface area contributed by atoms with Crippen LogP contribution in [0.5, 0.6) is 0 Å². The molecule has 0 bridgehead atoms. The van der Waals surface area contributed by atoms with Crippen LogP contribution in [0.4, 0.5) is 0 Å². The second-order valence-electron chi connectivity index (χ2n) is 7.20. The lowest BCUT2D eigenvalue weighted by molar-refractivity contribution is -0.137. The first-order valence-corrected chi connectivity index (χ1v) is 12.1. The largest absolute Gasteiger partial charge is 0.338 e. The highest BCUT2D eigenvalue weighted by molar-refractivity contribution is 7.91. The van der Waals surface area contributed by atoms with E-state index in [-0.39, 0.29) is 18.4 Å². The van der Waals surface area contributed by atoms with Gasteiger partial charge in [0.05, 0.1) is 17.6 Å². The van der Waals surface area contributed by atoms with Gasteiger partial charge in [0.2, 0.25) is 5.91 Å². The molecule has 0 radical (unpaired) electrons. The first-order valence-electron chi connectivity index (χ1n) is 9.77. The predicted octanol–water partition coefficient (Wildman–Crippen LogP) is 3.46. The number of sulfonamides is 1. The van der Waals surface area contributed by atoms with Gasteiger partial charge in [-0.2, -0.15) is 9.57 Å². The van der Waals surface area contributed by atoms with Crippen molar-refractivity contribution in [3.05, 3.63) is 52.9 Å². The average molecular weight is 432 g/mol. The Morgan fingerprint density at radius 3 is 2.69 bits per heavy atom. The van der Waals surface area contributed by atoms with E-state index in [2.05, 4.69) is 6.07 Å². The van der Waals surface area contributed by atoms with Crippen molar-refractivity contribution >= 4 is 27.3 Å². The molecule has 3 rings (SSSR count). The van der Waals surface area contributed by atoms with E-state index in [1.54, 1.807) is 29.6 Å². The molecule has 2 heterocycles. The highest BCUT2D eigenvalue weighted by atomic mass is 32.2. The lowest BCUT2D eigenvalue weighted by Gasteiger charge is -2.34. The Labute approximate surface area is 176 Å². The summed E-state index contributed by atoms with van der Waals surface area (Å²) in [5.74, 6) is -0.328. The quantitative estimate of drug-likeness (QED) is 0.672. The van der Waals surface area contributed by atoms with Crippen LogP contribution >= 0.6 is 11.3 Å². The molecule has 1 atom stereocenters. The number of hydrogen-bond donors (Lipinski definition) is 0.